The van der Waals surface area contributed by atoms with E-state index in [9.17, 15) is 18.0 Å². The zero-order valence-electron chi connectivity index (χ0n) is 17.2. The number of amides is 1. The first kappa shape index (κ1) is 23.2. The van der Waals surface area contributed by atoms with Gasteiger partial charge in [-0.1, -0.05) is 12.1 Å². The van der Waals surface area contributed by atoms with Gasteiger partial charge in [0.25, 0.3) is 0 Å². The van der Waals surface area contributed by atoms with Gasteiger partial charge in [0.15, 0.2) is 23.0 Å². The molecule has 6 nitrogen and oxygen atoms in total. The van der Waals surface area contributed by atoms with E-state index in [1.54, 1.807) is 36.4 Å². The fourth-order valence-electron chi connectivity index (χ4n) is 2.93. The second kappa shape index (κ2) is 10.1. The molecule has 9 heteroatoms. The van der Waals surface area contributed by atoms with Gasteiger partial charge < -0.3 is 23.8 Å². The molecule has 2 rings (SSSR count). The van der Waals surface area contributed by atoms with Gasteiger partial charge in [-0.05, 0) is 41.8 Å². The fourth-order valence-corrected chi connectivity index (χ4v) is 2.93. The van der Waals surface area contributed by atoms with Gasteiger partial charge in [0.1, 0.15) is 0 Å². The summed E-state index contributed by atoms with van der Waals surface area (Å²) < 4.78 is 60.1. The van der Waals surface area contributed by atoms with Crippen LogP contribution in [0.4, 0.5) is 13.2 Å². The topological polar surface area (TPSA) is 57.2 Å². The van der Waals surface area contributed by atoms with Gasteiger partial charge in [-0.2, -0.15) is 13.2 Å². The third-order valence-corrected chi connectivity index (χ3v) is 4.47. The molecule has 0 spiro atoms. The molecule has 0 aliphatic rings. The predicted molar refractivity (Wildman–Crippen MR) is 104 cm³/mol. The van der Waals surface area contributed by atoms with Crippen molar-refractivity contribution in [3.05, 3.63) is 47.5 Å². The minimum absolute atomic E-state index is 0.137. The number of carbonyl (C=O) groups is 1. The predicted octanol–water partition coefficient (Wildman–Crippen LogP) is 3.85. The number of ether oxygens (including phenoxy) is 4. The first-order valence-corrected chi connectivity index (χ1v) is 9.01. The van der Waals surface area contributed by atoms with Crippen LogP contribution in [0.1, 0.15) is 11.1 Å². The Hall–Kier alpha value is -3.10. The first-order valence-electron chi connectivity index (χ1n) is 9.01. The number of rotatable bonds is 9. The summed E-state index contributed by atoms with van der Waals surface area (Å²) in [5, 5.41) is 0. The van der Waals surface area contributed by atoms with Crippen LogP contribution < -0.4 is 18.9 Å². The lowest BCUT2D eigenvalue weighted by Gasteiger charge is -2.24. The average molecular weight is 427 g/mol. The van der Waals surface area contributed by atoms with Crippen LogP contribution in [0, 0.1) is 0 Å². The van der Waals surface area contributed by atoms with E-state index in [2.05, 4.69) is 0 Å². The molecule has 30 heavy (non-hydrogen) atoms. The maximum atomic E-state index is 13.1. The first-order chi connectivity index (χ1) is 14.2. The third kappa shape index (κ3) is 5.71. The smallest absolute Gasteiger partial charge is 0.471 e. The number of hydrogen-bond donors (Lipinski definition) is 0. The maximum absolute atomic E-state index is 13.1. The van der Waals surface area contributed by atoms with Gasteiger partial charge in [-0.3, -0.25) is 4.79 Å². The van der Waals surface area contributed by atoms with Crippen LogP contribution in [0.2, 0.25) is 0 Å². The van der Waals surface area contributed by atoms with Crippen LogP contribution in [0.5, 0.6) is 23.0 Å². The quantitative estimate of drug-likeness (QED) is 0.609. The van der Waals surface area contributed by atoms with Crippen molar-refractivity contribution in [3.63, 3.8) is 0 Å². The molecule has 0 aromatic heterocycles. The monoisotopic (exact) mass is 427 g/mol. The van der Waals surface area contributed by atoms with Crippen LogP contribution in [0.15, 0.2) is 36.4 Å². The van der Waals surface area contributed by atoms with Crippen molar-refractivity contribution in [3.8, 4) is 23.0 Å². The van der Waals surface area contributed by atoms with E-state index in [1.807, 2.05) is 0 Å². The van der Waals surface area contributed by atoms with Gasteiger partial charge in [0.05, 0.1) is 28.4 Å². The number of benzene rings is 2. The molecular formula is C21H24F3NO5. The Morgan fingerprint density at radius 3 is 1.73 bits per heavy atom. The molecule has 0 saturated heterocycles. The Labute approximate surface area is 173 Å². The molecule has 0 unspecified atom stereocenters. The Bertz CT molecular complexity index is 870. The molecule has 0 N–H and O–H groups in total. The molecule has 2 aromatic carbocycles. The van der Waals surface area contributed by atoms with E-state index in [4.69, 9.17) is 18.9 Å². The summed E-state index contributed by atoms with van der Waals surface area (Å²) in [6.45, 7) is -0.367. The van der Waals surface area contributed by atoms with Crippen LogP contribution >= 0.6 is 0 Å². The number of halogens is 3. The highest BCUT2D eigenvalue weighted by Gasteiger charge is 2.42. The fraction of sp³-hybridized carbons (Fsp3) is 0.381. The highest BCUT2D eigenvalue weighted by atomic mass is 19.4. The highest BCUT2D eigenvalue weighted by Crippen LogP contribution is 2.30. The van der Waals surface area contributed by atoms with Crippen molar-refractivity contribution >= 4 is 5.91 Å². The van der Waals surface area contributed by atoms with Gasteiger partial charge in [0.2, 0.25) is 0 Å². The lowest BCUT2D eigenvalue weighted by molar-refractivity contribution is -0.186. The number of carbonyl (C=O) groups excluding carboxylic acids is 1. The van der Waals surface area contributed by atoms with Crippen LogP contribution in [0.3, 0.4) is 0 Å². The average Bonchev–Trinajstić information content (AvgIpc) is 2.74. The van der Waals surface area contributed by atoms with E-state index in [0.29, 0.717) is 34.1 Å². The minimum Gasteiger partial charge on any atom is -0.493 e. The normalized spacial score (nSPS) is 11.0. The largest absolute Gasteiger partial charge is 0.493 e. The molecule has 2 aromatic rings. The van der Waals surface area contributed by atoms with Gasteiger partial charge >= 0.3 is 12.1 Å². The summed E-state index contributed by atoms with van der Waals surface area (Å²) in [6.07, 6.45) is -4.77. The van der Waals surface area contributed by atoms with Crippen molar-refractivity contribution in [2.45, 2.75) is 19.1 Å². The molecule has 0 atom stereocenters. The molecule has 0 radical (unpaired) electrons. The van der Waals surface area contributed by atoms with Crippen molar-refractivity contribution in [1.82, 2.24) is 4.90 Å². The van der Waals surface area contributed by atoms with Crippen molar-refractivity contribution in [2.75, 3.05) is 35.0 Å². The molecule has 164 valence electrons. The summed E-state index contributed by atoms with van der Waals surface area (Å²) >= 11 is 0. The molecule has 0 aliphatic carbocycles. The molecule has 1 amide bonds. The second-order valence-corrected chi connectivity index (χ2v) is 6.35. The summed E-state index contributed by atoms with van der Waals surface area (Å²) in [5.41, 5.74) is 1.19. The molecule has 0 fully saturated rings. The Kier molecular flexibility index (Phi) is 7.79. The van der Waals surface area contributed by atoms with Crippen LogP contribution in [-0.4, -0.2) is 52.0 Å². The Balaban J connectivity index is 2.23. The third-order valence-electron chi connectivity index (χ3n) is 4.47. The molecule has 0 heterocycles. The number of nitrogens with zero attached hydrogens (tertiary/aromatic N) is 1. The maximum Gasteiger partial charge on any atom is 0.471 e. The van der Waals surface area contributed by atoms with E-state index in [1.165, 1.54) is 28.4 Å². The van der Waals surface area contributed by atoms with Crippen LogP contribution in [0.25, 0.3) is 0 Å². The van der Waals surface area contributed by atoms with Crippen molar-refractivity contribution in [1.29, 1.82) is 0 Å². The number of methoxy groups -OCH3 is 4. The molecular weight excluding hydrogens is 403 g/mol. The van der Waals surface area contributed by atoms with Crippen molar-refractivity contribution < 1.29 is 36.9 Å². The summed E-state index contributed by atoms with van der Waals surface area (Å²) in [7, 11) is 5.85. The molecule has 0 bridgehead atoms. The molecule has 0 saturated carbocycles. The number of alkyl halides is 3. The van der Waals surface area contributed by atoms with Gasteiger partial charge in [0, 0.05) is 13.1 Å². The molecule has 0 aliphatic heterocycles. The standard InChI is InChI=1S/C21H24F3NO5/c1-27-16-7-5-14(11-18(16)29-3)9-10-25(20(26)21(22,23)24)13-15-6-8-17(28-2)19(12-15)30-4/h5-8,11-12H,9-10,13H2,1-4H3. The SMILES string of the molecule is COc1ccc(CCN(Cc2ccc(OC)c(OC)c2)C(=O)C(F)(F)F)cc1OC. The Morgan fingerprint density at radius 2 is 1.27 bits per heavy atom. The highest BCUT2D eigenvalue weighted by molar-refractivity contribution is 5.81. The summed E-state index contributed by atoms with van der Waals surface area (Å²) in [6, 6.07) is 9.77. The zero-order valence-corrected chi connectivity index (χ0v) is 17.2. The Morgan fingerprint density at radius 1 is 0.800 bits per heavy atom. The van der Waals surface area contributed by atoms with Crippen LogP contribution in [-0.2, 0) is 17.8 Å². The second-order valence-electron chi connectivity index (χ2n) is 6.35. The summed E-state index contributed by atoms with van der Waals surface area (Å²) in [4.78, 5) is 12.8. The van der Waals surface area contributed by atoms with E-state index >= 15 is 0 Å². The summed E-state index contributed by atoms with van der Waals surface area (Å²) in [5.74, 6) is -0.120. The zero-order chi connectivity index (χ0) is 22.3. The van der Waals surface area contributed by atoms with E-state index in [-0.39, 0.29) is 19.5 Å². The lowest BCUT2D eigenvalue weighted by Crippen LogP contribution is -2.41. The minimum atomic E-state index is -4.98. The van der Waals surface area contributed by atoms with E-state index in [0.717, 1.165) is 4.90 Å². The lowest BCUT2D eigenvalue weighted by atomic mass is 10.1. The number of hydrogen-bond acceptors (Lipinski definition) is 5. The van der Waals surface area contributed by atoms with Gasteiger partial charge in [-0.25, -0.2) is 0 Å². The van der Waals surface area contributed by atoms with E-state index < -0.39 is 12.1 Å². The van der Waals surface area contributed by atoms with Crippen molar-refractivity contribution in [2.24, 2.45) is 0 Å². The van der Waals surface area contributed by atoms with Gasteiger partial charge in [-0.15, -0.1) is 0 Å².